The lowest BCUT2D eigenvalue weighted by Crippen LogP contribution is -2.39. The summed E-state index contributed by atoms with van der Waals surface area (Å²) in [6, 6.07) is 10.3. The number of benzene rings is 1. The number of para-hydroxylation sites is 1. The predicted molar refractivity (Wildman–Crippen MR) is 116 cm³/mol. The SMILES string of the molecule is Cc1nc(CNC(=NCC(=O)N(C)C)NCCCN(C)c2ccccc2)oc1C. The van der Waals surface area contributed by atoms with E-state index >= 15 is 0 Å². The minimum atomic E-state index is -0.0577. The van der Waals surface area contributed by atoms with E-state index in [-0.39, 0.29) is 12.5 Å². The molecule has 8 nitrogen and oxygen atoms in total. The summed E-state index contributed by atoms with van der Waals surface area (Å²) in [6.45, 7) is 5.91. The molecule has 0 atom stereocenters. The summed E-state index contributed by atoms with van der Waals surface area (Å²) in [4.78, 5) is 24.4. The highest BCUT2D eigenvalue weighted by atomic mass is 16.4. The molecule has 1 amide bonds. The Hall–Kier alpha value is -3.03. The van der Waals surface area contributed by atoms with Gasteiger partial charge in [0.2, 0.25) is 11.8 Å². The second kappa shape index (κ2) is 11.1. The fourth-order valence-electron chi connectivity index (χ4n) is 2.57. The molecular formula is C21H32N6O2. The smallest absolute Gasteiger partial charge is 0.243 e. The van der Waals surface area contributed by atoms with Crippen LogP contribution < -0.4 is 15.5 Å². The van der Waals surface area contributed by atoms with Crippen LogP contribution in [-0.4, -0.2) is 62.5 Å². The van der Waals surface area contributed by atoms with E-state index in [0.717, 1.165) is 31.0 Å². The van der Waals surface area contributed by atoms with Crippen LogP contribution in [0, 0.1) is 13.8 Å². The monoisotopic (exact) mass is 400 g/mol. The molecular weight excluding hydrogens is 368 g/mol. The first-order valence-electron chi connectivity index (χ1n) is 9.78. The van der Waals surface area contributed by atoms with Crippen LogP contribution in [0.25, 0.3) is 0 Å². The molecule has 0 saturated carbocycles. The number of aliphatic imine (C=N–C) groups is 1. The number of guanidine groups is 1. The van der Waals surface area contributed by atoms with Gasteiger partial charge in [-0.3, -0.25) is 4.79 Å². The maximum absolute atomic E-state index is 11.9. The molecule has 1 heterocycles. The Morgan fingerprint density at radius 2 is 1.86 bits per heavy atom. The van der Waals surface area contributed by atoms with Gasteiger partial charge >= 0.3 is 0 Å². The maximum Gasteiger partial charge on any atom is 0.243 e. The number of nitrogens with one attached hydrogen (secondary N) is 2. The number of rotatable bonds is 9. The van der Waals surface area contributed by atoms with E-state index in [1.165, 1.54) is 10.6 Å². The number of oxazole rings is 1. The van der Waals surface area contributed by atoms with Gasteiger partial charge in [0.15, 0.2) is 5.96 Å². The zero-order chi connectivity index (χ0) is 21.2. The molecule has 0 spiro atoms. The summed E-state index contributed by atoms with van der Waals surface area (Å²) in [5.41, 5.74) is 2.06. The molecule has 2 N–H and O–H groups in total. The van der Waals surface area contributed by atoms with Crippen LogP contribution in [-0.2, 0) is 11.3 Å². The average molecular weight is 401 g/mol. The van der Waals surface area contributed by atoms with Crippen molar-refractivity contribution in [2.75, 3.05) is 45.7 Å². The summed E-state index contributed by atoms with van der Waals surface area (Å²) in [6.07, 6.45) is 0.922. The lowest BCUT2D eigenvalue weighted by atomic mass is 10.3. The molecule has 2 rings (SSSR count). The highest BCUT2D eigenvalue weighted by Crippen LogP contribution is 2.10. The van der Waals surface area contributed by atoms with Crippen LogP contribution in [0.15, 0.2) is 39.7 Å². The number of hydrogen-bond acceptors (Lipinski definition) is 5. The topological polar surface area (TPSA) is 86.0 Å². The normalized spacial score (nSPS) is 11.3. The molecule has 0 aliphatic rings. The van der Waals surface area contributed by atoms with Crippen molar-refractivity contribution in [3.05, 3.63) is 47.7 Å². The number of carbonyl (C=O) groups excluding carboxylic acids is 1. The zero-order valence-electron chi connectivity index (χ0n) is 18.0. The van der Waals surface area contributed by atoms with Gasteiger partial charge in [-0.25, -0.2) is 9.98 Å². The summed E-state index contributed by atoms with van der Waals surface area (Å²) >= 11 is 0. The molecule has 0 aliphatic carbocycles. The van der Waals surface area contributed by atoms with Gasteiger partial charge in [0.05, 0.1) is 12.2 Å². The van der Waals surface area contributed by atoms with Gasteiger partial charge in [-0.2, -0.15) is 0 Å². The number of aryl methyl sites for hydroxylation is 2. The minimum absolute atomic E-state index is 0.0577. The van der Waals surface area contributed by atoms with Crippen LogP contribution in [0.4, 0.5) is 5.69 Å². The summed E-state index contributed by atoms with van der Waals surface area (Å²) in [5.74, 6) is 1.91. The van der Waals surface area contributed by atoms with Crippen LogP contribution in [0.5, 0.6) is 0 Å². The number of nitrogens with zero attached hydrogens (tertiary/aromatic N) is 4. The highest BCUT2D eigenvalue weighted by molar-refractivity contribution is 5.84. The van der Waals surface area contributed by atoms with Crippen molar-refractivity contribution in [3.63, 3.8) is 0 Å². The number of carbonyl (C=O) groups is 1. The number of hydrogen-bond donors (Lipinski definition) is 2. The quantitative estimate of drug-likeness (QED) is 0.380. The number of aromatic nitrogens is 1. The van der Waals surface area contributed by atoms with E-state index in [1.807, 2.05) is 32.0 Å². The van der Waals surface area contributed by atoms with E-state index < -0.39 is 0 Å². The Labute approximate surface area is 173 Å². The molecule has 2 aromatic rings. The van der Waals surface area contributed by atoms with Gasteiger partial charge in [-0.15, -0.1) is 0 Å². The van der Waals surface area contributed by atoms with Crippen molar-refractivity contribution < 1.29 is 9.21 Å². The molecule has 1 aromatic carbocycles. The third-order valence-electron chi connectivity index (χ3n) is 4.51. The fourth-order valence-corrected chi connectivity index (χ4v) is 2.57. The van der Waals surface area contributed by atoms with Crippen molar-refractivity contribution in [1.29, 1.82) is 0 Å². The summed E-state index contributed by atoms with van der Waals surface area (Å²) in [7, 11) is 5.51. The molecule has 8 heteroatoms. The lowest BCUT2D eigenvalue weighted by Gasteiger charge is -2.19. The number of amides is 1. The third-order valence-corrected chi connectivity index (χ3v) is 4.51. The van der Waals surface area contributed by atoms with Gasteiger partial charge in [-0.1, -0.05) is 18.2 Å². The van der Waals surface area contributed by atoms with Gasteiger partial charge in [0.1, 0.15) is 12.3 Å². The zero-order valence-corrected chi connectivity index (χ0v) is 18.0. The Morgan fingerprint density at radius 1 is 1.14 bits per heavy atom. The molecule has 0 aliphatic heterocycles. The van der Waals surface area contributed by atoms with Crippen molar-refractivity contribution in [3.8, 4) is 0 Å². The van der Waals surface area contributed by atoms with Crippen LogP contribution in [0.2, 0.25) is 0 Å². The Morgan fingerprint density at radius 3 is 2.48 bits per heavy atom. The van der Waals surface area contributed by atoms with Gasteiger partial charge in [0, 0.05) is 39.9 Å². The first-order valence-corrected chi connectivity index (χ1v) is 9.78. The summed E-state index contributed by atoms with van der Waals surface area (Å²) in [5, 5.41) is 6.47. The van der Waals surface area contributed by atoms with E-state index in [1.54, 1.807) is 14.1 Å². The molecule has 0 radical (unpaired) electrons. The average Bonchev–Trinajstić information content (AvgIpc) is 3.04. The number of likely N-dealkylation sites (N-methyl/N-ethyl adjacent to an activating group) is 1. The second-order valence-electron chi connectivity index (χ2n) is 7.09. The standard InChI is InChI=1S/C21H32N6O2/c1-16-17(2)29-19(25-16)14-23-21(24-15-20(28)26(3)4)22-12-9-13-27(5)18-10-7-6-8-11-18/h6-8,10-11H,9,12-15H2,1-5H3,(H2,22,23,24). The van der Waals surface area contributed by atoms with Crippen molar-refractivity contribution in [1.82, 2.24) is 20.5 Å². The molecule has 0 saturated heterocycles. The van der Waals surface area contributed by atoms with Crippen molar-refractivity contribution in [2.45, 2.75) is 26.8 Å². The Bertz CT molecular complexity index is 781. The van der Waals surface area contributed by atoms with E-state index in [9.17, 15) is 4.79 Å². The first kappa shape index (κ1) is 22.3. The maximum atomic E-state index is 11.9. The van der Waals surface area contributed by atoms with Gasteiger partial charge in [0.25, 0.3) is 0 Å². The van der Waals surface area contributed by atoms with E-state index in [4.69, 9.17) is 4.42 Å². The first-order chi connectivity index (χ1) is 13.9. The fraction of sp³-hybridized carbons (Fsp3) is 0.476. The Balaban J connectivity index is 1.86. The van der Waals surface area contributed by atoms with E-state index in [2.05, 4.69) is 44.7 Å². The van der Waals surface area contributed by atoms with Crippen LogP contribution in [0.3, 0.4) is 0 Å². The van der Waals surface area contributed by atoms with Crippen LogP contribution in [0.1, 0.15) is 23.8 Å². The predicted octanol–water partition coefficient (Wildman–Crippen LogP) is 1.94. The lowest BCUT2D eigenvalue weighted by molar-refractivity contribution is -0.127. The second-order valence-corrected chi connectivity index (χ2v) is 7.09. The third kappa shape index (κ3) is 7.48. The highest BCUT2D eigenvalue weighted by Gasteiger charge is 2.08. The van der Waals surface area contributed by atoms with Crippen molar-refractivity contribution >= 4 is 17.6 Å². The molecule has 0 unspecified atom stereocenters. The summed E-state index contributed by atoms with van der Waals surface area (Å²) < 4.78 is 5.60. The largest absolute Gasteiger partial charge is 0.444 e. The Kier molecular flexibility index (Phi) is 8.51. The van der Waals surface area contributed by atoms with Gasteiger partial charge in [-0.05, 0) is 32.4 Å². The number of anilines is 1. The molecule has 158 valence electrons. The molecule has 0 bridgehead atoms. The molecule has 29 heavy (non-hydrogen) atoms. The van der Waals surface area contributed by atoms with Crippen LogP contribution >= 0.6 is 0 Å². The minimum Gasteiger partial charge on any atom is -0.444 e. The van der Waals surface area contributed by atoms with Gasteiger partial charge < -0.3 is 24.9 Å². The molecule has 1 aromatic heterocycles. The van der Waals surface area contributed by atoms with Crippen molar-refractivity contribution in [2.24, 2.45) is 4.99 Å². The van der Waals surface area contributed by atoms with E-state index in [0.29, 0.717) is 18.4 Å². The molecule has 0 fully saturated rings.